The summed E-state index contributed by atoms with van der Waals surface area (Å²) in [4.78, 5) is 25.3. The molecule has 7 nitrogen and oxygen atoms in total. The third-order valence-electron chi connectivity index (χ3n) is 3.81. The maximum Gasteiger partial charge on any atom is 0.330 e. The molecule has 24 heavy (non-hydrogen) atoms. The van der Waals surface area contributed by atoms with Crippen LogP contribution < -0.4 is 15.8 Å². The molecule has 0 spiro atoms. The van der Waals surface area contributed by atoms with Crippen molar-refractivity contribution in [2.24, 2.45) is 5.92 Å². The van der Waals surface area contributed by atoms with Crippen LogP contribution >= 0.6 is 9.03 Å². The Morgan fingerprint density at radius 3 is 2.83 bits per heavy atom. The zero-order valence-electron chi connectivity index (χ0n) is 13.2. The molecule has 0 bridgehead atoms. The van der Waals surface area contributed by atoms with E-state index in [-0.39, 0.29) is 21.1 Å². The lowest BCUT2D eigenvalue weighted by Crippen LogP contribution is -2.33. The molecule has 4 atom stereocenters. The van der Waals surface area contributed by atoms with Crippen LogP contribution in [0.15, 0.2) is 52.2 Å². The van der Waals surface area contributed by atoms with Crippen LogP contribution in [0.4, 0.5) is 0 Å². The van der Waals surface area contributed by atoms with Crippen molar-refractivity contribution < 1.29 is 13.8 Å². The molecular formula is C16H19N2O5P. The highest BCUT2D eigenvalue weighted by Gasteiger charge is 2.34. The van der Waals surface area contributed by atoms with Gasteiger partial charge in [-0.1, -0.05) is 25.1 Å². The Kier molecular flexibility index (Phi) is 5.45. The van der Waals surface area contributed by atoms with Crippen molar-refractivity contribution in [2.75, 3.05) is 6.61 Å². The van der Waals surface area contributed by atoms with Gasteiger partial charge in [-0.15, -0.1) is 0 Å². The molecule has 0 amide bonds. The van der Waals surface area contributed by atoms with E-state index in [9.17, 15) is 9.59 Å². The van der Waals surface area contributed by atoms with Gasteiger partial charge in [-0.3, -0.25) is 14.3 Å². The van der Waals surface area contributed by atoms with Crippen LogP contribution in [0.1, 0.15) is 19.6 Å². The van der Waals surface area contributed by atoms with Crippen molar-refractivity contribution in [3.63, 3.8) is 0 Å². The average molecular weight is 350 g/mol. The molecule has 4 unspecified atom stereocenters. The van der Waals surface area contributed by atoms with Crippen molar-refractivity contribution in [3.8, 4) is 5.75 Å². The van der Waals surface area contributed by atoms with Gasteiger partial charge in [-0.2, -0.15) is 0 Å². The highest BCUT2D eigenvalue weighted by atomic mass is 31.1. The zero-order valence-corrected chi connectivity index (χ0v) is 14.2. The van der Waals surface area contributed by atoms with E-state index in [0.717, 1.165) is 12.2 Å². The van der Waals surface area contributed by atoms with Crippen LogP contribution in [-0.2, 0) is 9.26 Å². The number of nitrogens with zero attached hydrogens (tertiary/aromatic N) is 1. The number of hydrogen-bond acceptors (Lipinski definition) is 5. The van der Waals surface area contributed by atoms with E-state index >= 15 is 0 Å². The summed E-state index contributed by atoms with van der Waals surface area (Å²) in [5.41, 5.74) is -0.878. The van der Waals surface area contributed by atoms with E-state index in [1.165, 1.54) is 16.8 Å². The lowest BCUT2D eigenvalue weighted by Gasteiger charge is -2.17. The number of ether oxygens (including phenoxy) is 1. The first-order valence-corrected chi connectivity index (χ1v) is 8.51. The summed E-state index contributed by atoms with van der Waals surface area (Å²) in [5.74, 6) is 0.898. The van der Waals surface area contributed by atoms with Gasteiger partial charge < -0.3 is 13.8 Å². The van der Waals surface area contributed by atoms with Crippen molar-refractivity contribution in [2.45, 2.75) is 25.7 Å². The first kappa shape index (κ1) is 16.9. The van der Waals surface area contributed by atoms with E-state index < -0.39 is 17.5 Å². The molecule has 1 aromatic heterocycles. The van der Waals surface area contributed by atoms with Gasteiger partial charge in [0, 0.05) is 18.2 Å². The number of rotatable bonds is 6. The fourth-order valence-corrected chi connectivity index (χ4v) is 3.23. The molecule has 3 rings (SSSR count). The molecule has 0 saturated carbocycles. The predicted octanol–water partition coefficient (Wildman–Crippen LogP) is 2.06. The number of aromatic nitrogens is 2. The minimum absolute atomic E-state index is 0.113. The smallest absolute Gasteiger partial charge is 0.330 e. The molecule has 0 aliphatic carbocycles. The molecule has 8 heteroatoms. The fourth-order valence-electron chi connectivity index (χ4n) is 2.69. The van der Waals surface area contributed by atoms with E-state index in [4.69, 9.17) is 13.8 Å². The summed E-state index contributed by atoms with van der Waals surface area (Å²) in [6.45, 7) is 2.40. The van der Waals surface area contributed by atoms with Gasteiger partial charge in [0.15, 0.2) is 0 Å². The highest BCUT2D eigenvalue weighted by molar-refractivity contribution is 7.26. The third kappa shape index (κ3) is 4.12. The Balaban J connectivity index is 1.50. The van der Waals surface area contributed by atoms with Crippen molar-refractivity contribution >= 4 is 9.03 Å². The first-order chi connectivity index (χ1) is 11.6. The molecule has 128 valence electrons. The minimum atomic E-state index is -0.463. The number of aromatic amines is 1. The summed E-state index contributed by atoms with van der Waals surface area (Å²) in [7, 11) is -0.113. The topological polar surface area (TPSA) is 82.6 Å². The molecule has 1 fully saturated rings. The lowest BCUT2D eigenvalue weighted by atomic mass is 10.1. The van der Waals surface area contributed by atoms with E-state index in [0.29, 0.717) is 6.61 Å². The molecule has 2 aromatic rings. The standard InChI is InChI=1S/C16H19N2O5P/c1-11-9-13(10-21-24-23-12-5-3-2-4-6-12)22-15(11)18-8-7-14(19)17-16(18)20/h2-8,11,13,15,24H,9-10H2,1H3,(H,17,19,20). The Labute approximate surface area is 140 Å². The molecule has 1 saturated heterocycles. The number of benzene rings is 1. The molecular weight excluding hydrogens is 331 g/mol. The predicted molar refractivity (Wildman–Crippen MR) is 90.4 cm³/mol. The number of hydrogen-bond donors (Lipinski definition) is 1. The van der Waals surface area contributed by atoms with Crippen LogP contribution in [0.25, 0.3) is 0 Å². The Hall–Kier alpha value is -1.95. The van der Waals surface area contributed by atoms with E-state index in [1.807, 2.05) is 37.3 Å². The monoisotopic (exact) mass is 350 g/mol. The second kappa shape index (κ2) is 7.75. The summed E-state index contributed by atoms with van der Waals surface area (Å²) in [6, 6.07) is 10.8. The quantitative estimate of drug-likeness (QED) is 0.637. The second-order valence-corrected chi connectivity index (χ2v) is 6.35. The SMILES string of the molecule is CC1CC(COPOc2ccccc2)OC1n1ccc(=O)[nH]c1=O. The van der Waals surface area contributed by atoms with Crippen LogP contribution in [0.2, 0.25) is 0 Å². The van der Waals surface area contributed by atoms with Crippen molar-refractivity contribution in [1.82, 2.24) is 9.55 Å². The van der Waals surface area contributed by atoms with Crippen molar-refractivity contribution in [3.05, 3.63) is 63.4 Å². The first-order valence-electron chi connectivity index (χ1n) is 7.69. The Morgan fingerprint density at radius 2 is 2.08 bits per heavy atom. The van der Waals surface area contributed by atoms with Crippen LogP contribution in [0.5, 0.6) is 5.75 Å². The van der Waals surface area contributed by atoms with Gasteiger partial charge in [-0.05, 0) is 18.6 Å². The highest BCUT2D eigenvalue weighted by Crippen LogP contribution is 2.34. The van der Waals surface area contributed by atoms with Gasteiger partial charge in [0.2, 0.25) is 9.03 Å². The third-order valence-corrected chi connectivity index (χ3v) is 4.41. The Morgan fingerprint density at radius 1 is 1.29 bits per heavy atom. The van der Waals surface area contributed by atoms with Crippen LogP contribution in [0, 0.1) is 5.92 Å². The molecule has 1 aromatic carbocycles. The molecule has 0 radical (unpaired) electrons. The summed E-state index contributed by atoms with van der Waals surface area (Å²) >= 11 is 0. The minimum Gasteiger partial charge on any atom is -0.450 e. The number of nitrogens with one attached hydrogen (secondary N) is 1. The van der Waals surface area contributed by atoms with E-state index in [1.54, 1.807) is 0 Å². The molecule has 2 heterocycles. The molecule has 1 aliphatic rings. The maximum atomic E-state index is 11.9. The van der Waals surface area contributed by atoms with Gasteiger partial charge in [0.1, 0.15) is 12.0 Å². The lowest BCUT2D eigenvalue weighted by molar-refractivity contribution is -0.0285. The second-order valence-electron chi connectivity index (χ2n) is 5.69. The summed E-state index contributed by atoms with van der Waals surface area (Å²) < 4.78 is 18.3. The van der Waals surface area contributed by atoms with Crippen molar-refractivity contribution in [1.29, 1.82) is 0 Å². The molecule has 1 aliphatic heterocycles. The average Bonchev–Trinajstić information content (AvgIpc) is 2.93. The molecule has 1 N–H and O–H groups in total. The number of H-pyrrole nitrogens is 1. The van der Waals surface area contributed by atoms with Gasteiger partial charge in [0.05, 0.1) is 12.7 Å². The maximum absolute atomic E-state index is 11.9. The van der Waals surface area contributed by atoms with Crippen LogP contribution in [-0.4, -0.2) is 22.3 Å². The van der Waals surface area contributed by atoms with E-state index in [2.05, 4.69) is 4.98 Å². The van der Waals surface area contributed by atoms with Gasteiger partial charge in [-0.25, -0.2) is 4.79 Å². The Bertz CT molecular complexity index is 776. The summed E-state index contributed by atoms with van der Waals surface area (Å²) in [6.07, 6.45) is 1.72. The van der Waals surface area contributed by atoms with Crippen LogP contribution in [0.3, 0.4) is 0 Å². The normalized spacial score (nSPS) is 23.8. The largest absolute Gasteiger partial charge is 0.450 e. The summed E-state index contributed by atoms with van der Waals surface area (Å²) in [5, 5.41) is 0. The van der Waals surface area contributed by atoms with Gasteiger partial charge in [0.25, 0.3) is 5.56 Å². The zero-order chi connectivity index (χ0) is 16.9. The number of para-hydroxylation sites is 1. The van der Waals surface area contributed by atoms with Gasteiger partial charge >= 0.3 is 5.69 Å². The fraction of sp³-hybridized carbons (Fsp3) is 0.375.